The van der Waals surface area contributed by atoms with Crippen LogP contribution in [0.5, 0.6) is 0 Å². The zero-order chi connectivity index (χ0) is 12.1. The summed E-state index contributed by atoms with van der Waals surface area (Å²) < 4.78 is 1.96. The molecule has 0 aromatic carbocycles. The van der Waals surface area contributed by atoms with Crippen molar-refractivity contribution >= 4 is 11.6 Å². The molecule has 0 fully saturated rings. The molecule has 16 heavy (non-hydrogen) atoms. The fourth-order valence-electron chi connectivity index (χ4n) is 1.88. The normalized spacial score (nSPS) is 13.1. The predicted octanol–water partition coefficient (Wildman–Crippen LogP) is 2.92. The van der Waals surface area contributed by atoms with E-state index in [4.69, 9.17) is 17.3 Å². The first-order chi connectivity index (χ1) is 7.60. The van der Waals surface area contributed by atoms with Crippen LogP contribution in [0.15, 0.2) is 0 Å². The molecule has 0 aliphatic carbocycles. The van der Waals surface area contributed by atoms with E-state index in [2.05, 4.69) is 18.9 Å². The van der Waals surface area contributed by atoms with E-state index in [1.54, 1.807) is 0 Å². The average molecular weight is 244 g/mol. The van der Waals surface area contributed by atoms with Gasteiger partial charge in [0.1, 0.15) is 0 Å². The first-order valence-corrected chi connectivity index (χ1v) is 6.45. The number of unbranched alkanes of at least 4 members (excludes halogenated alkanes) is 1. The molecule has 4 heteroatoms. The molecule has 0 spiro atoms. The fourth-order valence-corrected chi connectivity index (χ4v) is 2.09. The maximum Gasteiger partial charge on any atom is 0.0847 e. The molecule has 0 saturated carbocycles. The number of aryl methyl sites for hydroxylation is 2. The smallest absolute Gasteiger partial charge is 0.0847 e. The van der Waals surface area contributed by atoms with Crippen LogP contribution in [0.25, 0.3) is 0 Å². The van der Waals surface area contributed by atoms with Crippen molar-refractivity contribution in [3.05, 3.63) is 16.4 Å². The summed E-state index contributed by atoms with van der Waals surface area (Å²) in [5, 5.41) is 5.18. The van der Waals surface area contributed by atoms with Gasteiger partial charge in [0, 0.05) is 19.0 Å². The van der Waals surface area contributed by atoms with Crippen molar-refractivity contribution in [1.29, 1.82) is 0 Å². The van der Waals surface area contributed by atoms with Crippen LogP contribution in [0.4, 0.5) is 0 Å². The van der Waals surface area contributed by atoms with Crippen LogP contribution in [0.1, 0.15) is 44.5 Å². The van der Waals surface area contributed by atoms with Crippen molar-refractivity contribution in [2.75, 3.05) is 0 Å². The van der Waals surface area contributed by atoms with Gasteiger partial charge in [-0.05, 0) is 20.3 Å². The van der Waals surface area contributed by atoms with E-state index in [0.29, 0.717) is 0 Å². The van der Waals surface area contributed by atoms with E-state index >= 15 is 0 Å². The molecule has 1 aromatic heterocycles. The Morgan fingerprint density at radius 3 is 2.69 bits per heavy atom. The molecule has 1 atom stereocenters. The minimum atomic E-state index is 0.193. The Labute approximate surface area is 103 Å². The Balaban J connectivity index is 2.71. The van der Waals surface area contributed by atoms with E-state index < -0.39 is 0 Å². The minimum absolute atomic E-state index is 0.193. The zero-order valence-corrected chi connectivity index (χ0v) is 11.2. The van der Waals surface area contributed by atoms with Gasteiger partial charge < -0.3 is 5.73 Å². The number of halogens is 1. The molecule has 0 radical (unpaired) electrons. The number of nitrogens with zero attached hydrogens (tertiary/aromatic N) is 2. The largest absolute Gasteiger partial charge is 0.327 e. The minimum Gasteiger partial charge on any atom is -0.327 e. The summed E-state index contributed by atoms with van der Waals surface area (Å²) in [4.78, 5) is 0. The first kappa shape index (κ1) is 13.5. The van der Waals surface area contributed by atoms with Crippen molar-refractivity contribution in [2.24, 2.45) is 5.73 Å². The van der Waals surface area contributed by atoms with Gasteiger partial charge in [0.05, 0.1) is 16.4 Å². The molecule has 3 nitrogen and oxygen atoms in total. The second-order valence-corrected chi connectivity index (χ2v) is 4.65. The molecule has 0 saturated heterocycles. The van der Waals surface area contributed by atoms with E-state index in [1.165, 1.54) is 12.8 Å². The lowest BCUT2D eigenvalue weighted by molar-refractivity contribution is 0.536. The Morgan fingerprint density at radius 2 is 2.12 bits per heavy atom. The maximum atomic E-state index is 6.23. The summed E-state index contributed by atoms with van der Waals surface area (Å²) in [6, 6.07) is 0.193. The summed E-state index contributed by atoms with van der Waals surface area (Å²) in [5.74, 6) is 0. The van der Waals surface area contributed by atoms with E-state index in [-0.39, 0.29) is 6.04 Å². The van der Waals surface area contributed by atoms with Gasteiger partial charge in [-0.15, -0.1) is 0 Å². The molecule has 0 bridgehead atoms. The zero-order valence-electron chi connectivity index (χ0n) is 10.5. The predicted molar refractivity (Wildman–Crippen MR) is 68.9 cm³/mol. The van der Waals surface area contributed by atoms with Gasteiger partial charge in [-0.2, -0.15) is 5.10 Å². The van der Waals surface area contributed by atoms with Gasteiger partial charge in [0.25, 0.3) is 0 Å². The van der Waals surface area contributed by atoms with Crippen molar-refractivity contribution in [3.63, 3.8) is 0 Å². The number of hydrogen-bond donors (Lipinski definition) is 1. The van der Waals surface area contributed by atoms with E-state index in [1.807, 2.05) is 11.6 Å². The third-order valence-electron chi connectivity index (χ3n) is 2.84. The second-order valence-electron chi connectivity index (χ2n) is 4.27. The monoisotopic (exact) mass is 243 g/mol. The molecule has 1 heterocycles. The summed E-state index contributed by atoms with van der Waals surface area (Å²) in [6.07, 6.45) is 4.25. The Hall–Kier alpha value is -0.540. The topological polar surface area (TPSA) is 43.8 Å². The summed E-state index contributed by atoms with van der Waals surface area (Å²) >= 11 is 6.23. The van der Waals surface area contributed by atoms with Gasteiger partial charge in [-0.1, -0.05) is 31.4 Å². The van der Waals surface area contributed by atoms with E-state index in [0.717, 1.165) is 35.8 Å². The Kier molecular flexibility index (Phi) is 5.29. The van der Waals surface area contributed by atoms with Crippen LogP contribution in [0.2, 0.25) is 5.02 Å². The number of nitrogens with two attached hydrogens (primary N) is 1. The molecule has 0 aliphatic rings. The van der Waals surface area contributed by atoms with Gasteiger partial charge in [0.15, 0.2) is 0 Å². The number of aromatic nitrogens is 2. The summed E-state index contributed by atoms with van der Waals surface area (Å²) in [7, 11) is 0. The average Bonchev–Trinajstić information content (AvgIpc) is 2.54. The van der Waals surface area contributed by atoms with Crippen molar-refractivity contribution in [3.8, 4) is 0 Å². The highest BCUT2D eigenvalue weighted by molar-refractivity contribution is 6.31. The molecule has 2 N–H and O–H groups in total. The van der Waals surface area contributed by atoms with Crippen LogP contribution >= 0.6 is 11.6 Å². The Bertz CT molecular complexity index is 333. The maximum absolute atomic E-state index is 6.23. The van der Waals surface area contributed by atoms with Crippen LogP contribution in [-0.2, 0) is 13.0 Å². The summed E-state index contributed by atoms with van der Waals surface area (Å²) in [6.45, 7) is 7.04. The van der Waals surface area contributed by atoms with Crippen LogP contribution in [0.3, 0.4) is 0 Å². The highest BCUT2D eigenvalue weighted by atomic mass is 35.5. The lowest BCUT2D eigenvalue weighted by Gasteiger charge is -2.12. The van der Waals surface area contributed by atoms with Crippen LogP contribution in [0, 0.1) is 6.92 Å². The molecular weight excluding hydrogens is 222 g/mol. The van der Waals surface area contributed by atoms with Crippen molar-refractivity contribution in [1.82, 2.24) is 9.78 Å². The Morgan fingerprint density at radius 1 is 1.44 bits per heavy atom. The molecule has 0 aliphatic heterocycles. The second kappa shape index (κ2) is 6.26. The van der Waals surface area contributed by atoms with Crippen LogP contribution in [-0.4, -0.2) is 15.8 Å². The highest BCUT2D eigenvalue weighted by Gasteiger charge is 2.15. The lowest BCUT2D eigenvalue weighted by atomic mass is 10.1. The van der Waals surface area contributed by atoms with Gasteiger partial charge in [0.2, 0.25) is 0 Å². The van der Waals surface area contributed by atoms with Gasteiger partial charge in [-0.3, -0.25) is 4.68 Å². The fraction of sp³-hybridized carbons (Fsp3) is 0.750. The molecule has 1 rings (SSSR count). The third-order valence-corrected chi connectivity index (χ3v) is 3.33. The molecule has 1 unspecified atom stereocenters. The van der Waals surface area contributed by atoms with E-state index in [9.17, 15) is 0 Å². The number of hydrogen-bond acceptors (Lipinski definition) is 2. The quantitative estimate of drug-likeness (QED) is 0.835. The summed E-state index contributed by atoms with van der Waals surface area (Å²) in [5.41, 5.74) is 8.09. The van der Waals surface area contributed by atoms with Crippen molar-refractivity contribution in [2.45, 2.75) is 59.0 Å². The number of rotatable bonds is 6. The molecular formula is C12H22ClN3. The lowest BCUT2D eigenvalue weighted by Crippen LogP contribution is -2.24. The van der Waals surface area contributed by atoms with Gasteiger partial charge >= 0.3 is 0 Å². The highest BCUT2D eigenvalue weighted by Crippen LogP contribution is 2.22. The SMILES string of the molecule is CCCCC(N)Cc1c(Cl)c(C)nn1CC. The van der Waals surface area contributed by atoms with Gasteiger partial charge in [-0.25, -0.2) is 0 Å². The van der Waals surface area contributed by atoms with Crippen LogP contribution < -0.4 is 5.73 Å². The first-order valence-electron chi connectivity index (χ1n) is 6.07. The third kappa shape index (κ3) is 3.22. The van der Waals surface area contributed by atoms with Crippen molar-refractivity contribution < 1.29 is 0 Å². The molecule has 1 aromatic rings. The standard InChI is InChI=1S/C12H22ClN3/c1-4-6-7-10(14)8-11-12(13)9(3)15-16(11)5-2/h10H,4-8,14H2,1-3H3. The molecule has 92 valence electrons. The molecule has 0 amide bonds.